The van der Waals surface area contributed by atoms with E-state index in [1.165, 1.54) is 11.1 Å². The van der Waals surface area contributed by atoms with Crippen LogP contribution in [0.1, 0.15) is 22.4 Å². The number of piperazine rings is 1. The Labute approximate surface area is 157 Å². The van der Waals surface area contributed by atoms with E-state index >= 15 is 0 Å². The van der Waals surface area contributed by atoms with Crippen molar-refractivity contribution in [1.29, 1.82) is 0 Å². The van der Waals surface area contributed by atoms with Crippen molar-refractivity contribution in [1.82, 2.24) is 19.8 Å². The van der Waals surface area contributed by atoms with Crippen LogP contribution in [0.3, 0.4) is 0 Å². The molecule has 2 aliphatic rings. The lowest BCUT2D eigenvalue weighted by Gasteiger charge is -2.38. The number of benzene rings is 1. The highest BCUT2D eigenvalue weighted by atomic mass is 16.2. The van der Waals surface area contributed by atoms with Crippen molar-refractivity contribution in [2.45, 2.75) is 32.2 Å². The largest absolute Gasteiger partial charge is 0.340 e. The molecule has 0 unspecified atom stereocenters. The normalized spacial score (nSPS) is 17.9. The molecule has 7 nitrogen and oxygen atoms in total. The first kappa shape index (κ1) is 17.7. The summed E-state index contributed by atoms with van der Waals surface area (Å²) in [6, 6.07) is 9.12. The van der Waals surface area contributed by atoms with Gasteiger partial charge in [-0.25, -0.2) is 4.79 Å². The van der Waals surface area contributed by atoms with Gasteiger partial charge >= 0.3 is 5.69 Å². The lowest BCUT2D eigenvalue weighted by Crippen LogP contribution is -2.52. The highest BCUT2D eigenvalue weighted by molar-refractivity contribution is 5.79. The molecule has 1 saturated heterocycles. The molecule has 2 aromatic rings. The van der Waals surface area contributed by atoms with Crippen LogP contribution < -0.4 is 11.2 Å². The number of aromatic amines is 2. The highest BCUT2D eigenvalue weighted by Crippen LogP contribution is 2.26. The predicted octanol–water partition coefficient (Wildman–Crippen LogP) is 0.226. The molecule has 0 radical (unpaired) electrons. The average molecular weight is 368 g/mol. The van der Waals surface area contributed by atoms with E-state index in [0.717, 1.165) is 25.9 Å². The molecule has 0 saturated carbocycles. The quantitative estimate of drug-likeness (QED) is 0.811. The van der Waals surface area contributed by atoms with Crippen LogP contribution in [0.25, 0.3) is 0 Å². The maximum Gasteiger partial charge on any atom is 0.325 e. The minimum Gasteiger partial charge on any atom is -0.340 e. The maximum atomic E-state index is 12.6. The van der Waals surface area contributed by atoms with Crippen LogP contribution in [-0.4, -0.2) is 57.9 Å². The number of H-pyrrole nitrogens is 2. The third kappa shape index (κ3) is 3.60. The molecule has 142 valence electrons. The van der Waals surface area contributed by atoms with Gasteiger partial charge in [0.15, 0.2) is 0 Å². The SMILES string of the molecule is Cc1[nH]c(=O)[nH]c(=O)c1CC(=O)N1CCN(C2Cc3ccccc3C2)CC1. The smallest absolute Gasteiger partial charge is 0.325 e. The summed E-state index contributed by atoms with van der Waals surface area (Å²) in [5, 5.41) is 0. The summed E-state index contributed by atoms with van der Waals surface area (Å²) < 4.78 is 0. The Morgan fingerprint density at radius 3 is 2.26 bits per heavy atom. The topological polar surface area (TPSA) is 89.3 Å². The van der Waals surface area contributed by atoms with Gasteiger partial charge in [-0.15, -0.1) is 0 Å². The van der Waals surface area contributed by atoms with Gasteiger partial charge in [0.05, 0.1) is 6.42 Å². The zero-order chi connectivity index (χ0) is 19.0. The molecule has 1 aliphatic heterocycles. The predicted molar refractivity (Wildman–Crippen MR) is 102 cm³/mol. The van der Waals surface area contributed by atoms with Crippen molar-refractivity contribution in [3.05, 3.63) is 67.5 Å². The fourth-order valence-electron chi connectivity index (χ4n) is 4.23. The van der Waals surface area contributed by atoms with E-state index < -0.39 is 11.2 Å². The number of hydrogen-bond acceptors (Lipinski definition) is 4. The van der Waals surface area contributed by atoms with Gasteiger partial charge < -0.3 is 9.88 Å². The second-order valence-electron chi connectivity index (χ2n) is 7.44. The number of aromatic nitrogens is 2. The Kier molecular flexibility index (Phi) is 4.70. The Hall–Kier alpha value is -2.67. The van der Waals surface area contributed by atoms with Crippen molar-refractivity contribution in [3.8, 4) is 0 Å². The molecule has 0 atom stereocenters. The first-order valence-electron chi connectivity index (χ1n) is 9.42. The summed E-state index contributed by atoms with van der Waals surface area (Å²) in [4.78, 5) is 44.9. The van der Waals surface area contributed by atoms with Crippen molar-refractivity contribution < 1.29 is 4.79 Å². The third-order valence-corrected chi connectivity index (χ3v) is 5.80. The summed E-state index contributed by atoms with van der Waals surface area (Å²) in [6.45, 7) is 4.70. The van der Waals surface area contributed by atoms with Gasteiger partial charge in [0.25, 0.3) is 5.56 Å². The summed E-state index contributed by atoms with van der Waals surface area (Å²) in [5.74, 6) is -0.0648. The monoisotopic (exact) mass is 368 g/mol. The number of carbonyl (C=O) groups is 1. The lowest BCUT2D eigenvalue weighted by molar-refractivity contribution is -0.132. The van der Waals surface area contributed by atoms with Gasteiger partial charge in [0.1, 0.15) is 0 Å². The van der Waals surface area contributed by atoms with E-state index in [1.807, 2.05) is 4.90 Å². The summed E-state index contributed by atoms with van der Waals surface area (Å²) in [5.41, 5.74) is 2.65. The average Bonchev–Trinajstić information content (AvgIpc) is 3.09. The van der Waals surface area contributed by atoms with E-state index in [2.05, 4.69) is 39.1 Å². The van der Waals surface area contributed by atoms with E-state index in [9.17, 15) is 14.4 Å². The Morgan fingerprint density at radius 1 is 1.04 bits per heavy atom. The van der Waals surface area contributed by atoms with E-state index in [4.69, 9.17) is 0 Å². The number of hydrogen-bond donors (Lipinski definition) is 2. The number of nitrogens with zero attached hydrogens (tertiary/aromatic N) is 2. The third-order valence-electron chi connectivity index (χ3n) is 5.80. The van der Waals surface area contributed by atoms with E-state index in [1.54, 1.807) is 6.92 Å². The standard InChI is InChI=1S/C20H24N4O3/c1-13-17(19(26)22-20(27)21-13)12-18(25)24-8-6-23(7-9-24)16-10-14-4-2-3-5-15(14)11-16/h2-5,16H,6-12H2,1H3,(H2,21,22,26,27). The fourth-order valence-corrected chi connectivity index (χ4v) is 4.23. The minimum absolute atomic E-state index is 0.0207. The molecular formula is C20H24N4O3. The first-order valence-corrected chi connectivity index (χ1v) is 9.42. The summed E-state index contributed by atoms with van der Waals surface area (Å²) >= 11 is 0. The van der Waals surface area contributed by atoms with Gasteiger partial charge in [-0.2, -0.15) is 0 Å². The summed E-state index contributed by atoms with van der Waals surface area (Å²) in [7, 11) is 0. The Balaban J connectivity index is 1.35. The zero-order valence-electron chi connectivity index (χ0n) is 15.5. The van der Waals surface area contributed by atoms with Crippen LogP contribution in [0.4, 0.5) is 0 Å². The van der Waals surface area contributed by atoms with E-state index in [-0.39, 0.29) is 12.3 Å². The van der Waals surface area contributed by atoms with Gasteiger partial charge in [-0.05, 0) is 30.9 Å². The minimum atomic E-state index is -0.542. The number of amides is 1. The second-order valence-corrected chi connectivity index (χ2v) is 7.44. The van der Waals surface area contributed by atoms with Crippen LogP contribution in [0.2, 0.25) is 0 Å². The number of nitrogens with one attached hydrogen (secondary N) is 2. The van der Waals surface area contributed by atoms with Crippen molar-refractivity contribution in [3.63, 3.8) is 0 Å². The van der Waals surface area contributed by atoms with Crippen molar-refractivity contribution in [2.75, 3.05) is 26.2 Å². The van der Waals surface area contributed by atoms with Crippen molar-refractivity contribution >= 4 is 5.91 Å². The van der Waals surface area contributed by atoms with Gasteiger partial charge in [0, 0.05) is 43.5 Å². The number of fused-ring (bicyclic) bond motifs is 1. The van der Waals surface area contributed by atoms with Crippen LogP contribution in [0.15, 0.2) is 33.9 Å². The molecule has 1 fully saturated rings. The fraction of sp³-hybridized carbons (Fsp3) is 0.450. The van der Waals surface area contributed by atoms with Gasteiger partial charge in [-0.1, -0.05) is 24.3 Å². The highest BCUT2D eigenvalue weighted by Gasteiger charge is 2.30. The molecule has 1 aromatic heterocycles. The Bertz CT molecular complexity index is 945. The Morgan fingerprint density at radius 2 is 1.67 bits per heavy atom. The van der Waals surface area contributed by atoms with Gasteiger partial charge in [-0.3, -0.25) is 19.5 Å². The molecule has 1 aliphatic carbocycles. The molecule has 1 amide bonds. The van der Waals surface area contributed by atoms with Crippen LogP contribution in [0.5, 0.6) is 0 Å². The molecule has 27 heavy (non-hydrogen) atoms. The maximum absolute atomic E-state index is 12.6. The van der Waals surface area contributed by atoms with Crippen LogP contribution >= 0.6 is 0 Å². The number of carbonyl (C=O) groups excluding carboxylic acids is 1. The first-order chi connectivity index (χ1) is 13.0. The number of rotatable bonds is 3. The molecule has 1 aromatic carbocycles. The van der Waals surface area contributed by atoms with E-state index in [0.29, 0.717) is 30.4 Å². The molecular weight excluding hydrogens is 344 g/mol. The molecule has 4 rings (SSSR count). The molecule has 0 bridgehead atoms. The van der Waals surface area contributed by atoms with Crippen LogP contribution in [-0.2, 0) is 24.1 Å². The second kappa shape index (κ2) is 7.15. The number of aryl methyl sites for hydroxylation is 1. The van der Waals surface area contributed by atoms with Crippen LogP contribution in [0, 0.1) is 6.92 Å². The molecule has 2 heterocycles. The van der Waals surface area contributed by atoms with Gasteiger partial charge in [0.2, 0.25) is 5.91 Å². The lowest BCUT2D eigenvalue weighted by atomic mass is 10.1. The molecule has 0 spiro atoms. The zero-order valence-corrected chi connectivity index (χ0v) is 15.5. The molecule has 2 N–H and O–H groups in total. The molecule has 7 heteroatoms. The van der Waals surface area contributed by atoms with Crippen molar-refractivity contribution in [2.24, 2.45) is 0 Å². The summed E-state index contributed by atoms with van der Waals surface area (Å²) in [6.07, 6.45) is 2.18.